The second-order valence-electron chi connectivity index (χ2n) is 6.09. The van der Waals surface area contributed by atoms with Crippen LogP contribution in [0, 0.1) is 5.92 Å². The average Bonchev–Trinajstić information content (AvgIpc) is 2.41. The highest BCUT2D eigenvalue weighted by atomic mass is 15.2. The molecule has 1 N–H and O–H groups in total. The topological polar surface area (TPSA) is 28.2 Å². The molecule has 1 aliphatic heterocycles. The van der Waals surface area contributed by atoms with Gasteiger partial charge in [0.15, 0.2) is 0 Å². The van der Waals surface area contributed by atoms with Crippen molar-refractivity contribution >= 4 is 0 Å². The monoisotopic (exact) mass is 261 g/mol. The van der Waals surface area contributed by atoms with Crippen LogP contribution >= 0.6 is 0 Å². The molecule has 2 heterocycles. The van der Waals surface area contributed by atoms with E-state index in [0.29, 0.717) is 12.1 Å². The third kappa shape index (κ3) is 4.29. The van der Waals surface area contributed by atoms with Gasteiger partial charge in [-0.05, 0) is 30.4 Å². The first kappa shape index (κ1) is 14.5. The molecule has 0 aliphatic carbocycles. The van der Waals surface area contributed by atoms with E-state index in [0.717, 1.165) is 25.6 Å². The van der Waals surface area contributed by atoms with Crippen molar-refractivity contribution in [3.63, 3.8) is 0 Å². The summed E-state index contributed by atoms with van der Waals surface area (Å²) < 4.78 is 0. The molecule has 0 bridgehead atoms. The van der Waals surface area contributed by atoms with Crippen molar-refractivity contribution in [1.82, 2.24) is 15.2 Å². The number of pyridine rings is 1. The molecule has 3 heteroatoms. The predicted octanol–water partition coefficient (Wildman–Crippen LogP) is 2.68. The molecular weight excluding hydrogens is 234 g/mol. The molecular formula is C16H27N3. The van der Waals surface area contributed by atoms with Crippen LogP contribution in [0.5, 0.6) is 0 Å². The van der Waals surface area contributed by atoms with Crippen molar-refractivity contribution in [1.29, 1.82) is 0 Å². The van der Waals surface area contributed by atoms with E-state index in [9.17, 15) is 0 Å². The highest BCUT2D eigenvalue weighted by molar-refractivity contribution is 5.09. The first-order valence-corrected chi connectivity index (χ1v) is 7.55. The van der Waals surface area contributed by atoms with E-state index in [4.69, 9.17) is 0 Å². The van der Waals surface area contributed by atoms with Gasteiger partial charge in [-0.15, -0.1) is 0 Å². The summed E-state index contributed by atoms with van der Waals surface area (Å²) in [5.41, 5.74) is 1.33. The Morgan fingerprint density at radius 3 is 2.95 bits per heavy atom. The molecule has 0 aromatic carbocycles. The standard InChI is InChI=1S/C16H27N3/c1-4-15-12-19(11-14-6-5-7-17-9-14)16(10-18-15)8-13(2)3/h5-7,9,13,15-16,18H,4,8,10-12H2,1-3H3. The minimum atomic E-state index is 0.639. The zero-order valence-corrected chi connectivity index (χ0v) is 12.5. The maximum absolute atomic E-state index is 4.23. The zero-order valence-electron chi connectivity index (χ0n) is 12.5. The van der Waals surface area contributed by atoms with E-state index in [1.807, 2.05) is 18.5 Å². The van der Waals surface area contributed by atoms with E-state index in [1.54, 1.807) is 0 Å². The Morgan fingerprint density at radius 2 is 2.32 bits per heavy atom. The Morgan fingerprint density at radius 1 is 1.47 bits per heavy atom. The average molecular weight is 261 g/mol. The van der Waals surface area contributed by atoms with Crippen LogP contribution in [0.2, 0.25) is 0 Å². The number of aromatic nitrogens is 1. The Labute approximate surface area is 117 Å². The SMILES string of the molecule is CCC1CN(Cc2cccnc2)C(CC(C)C)CN1. The number of piperazine rings is 1. The summed E-state index contributed by atoms with van der Waals surface area (Å²) in [7, 11) is 0. The van der Waals surface area contributed by atoms with Gasteiger partial charge >= 0.3 is 0 Å². The van der Waals surface area contributed by atoms with Crippen LogP contribution in [-0.4, -0.2) is 35.1 Å². The van der Waals surface area contributed by atoms with Crippen molar-refractivity contribution in [3.05, 3.63) is 30.1 Å². The van der Waals surface area contributed by atoms with Crippen LogP contribution in [-0.2, 0) is 6.54 Å². The highest BCUT2D eigenvalue weighted by Gasteiger charge is 2.27. The number of hydrogen-bond donors (Lipinski definition) is 1. The first-order chi connectivity index (χ1) is 9.19. The van der Waals surface area contributed by atoms with Gasteiger partial charge in [0.2, 0.25) is 0 Å². The second-order valence-corrected chi connectivity index (χ2v) is 6.09. The van der Waals surface area contributed by atoms with Crippen LogP contribution in [0.15, 0.2) is 24.5 Å². The van der Waals surface area contributed by atoms with Crippen molar-refractivity contribution in [3.8, 4) is 0 Å². The maximum Gasteiger partial charge on any atom is 0.0312 e. The summed E-state index contributed by atoms with van der Waals surface area (Å²) in [5.74, 6) is 0.751. The van der Waals surface area contributed by atoms with Gasteiger partial charge in [0.05, 0.1) is 0 Å². The normalized spacial score (nSPS) is 24.8. The zero-order chi connectivity index (χ0) is 13.7. The lowest BCUT2D eigenvalue weighted by Gasteiger charge is -2.41. The Kier molecular flexibility index (Phi) is 5.34. The fourth-order valence-electron chi connectivity index (χ4n) is 2.90. The fraction of sp³-hybridized carbons (Fsp3) is 0.688. The fourth-order valence-corrected chi connectivity index (χ4v) is 2.90. The summed E-state index contributed by atoms with van der Waals surface area (Å²) in [6.07, 6.45) is 6.32. The van der Waals surface area contributed by atoms with Gasteiger partial charge in [0.25, 0.3) is 0 Å². The van der Waals surface area contributed by atoms with Gasteiger partial charge in [-0.25, -0.2) is 0 Å². The molecule has 2 atom stereocenters. The number of rotatable bonds is 5. The van der Waals surface area contributed by atoms with Gasteiger partial charge in [0.1, 0.15) is 0 Å². The summed E-state index contributed by atoms with van der Waals surface area (Å²) in [5, 5.41) is 3.68. The van der Waals surface area contributed by atoms with E-state index in [-0.39, 0.29) is 0 Å². The molecule has 1 saturated heterocycles. The molecule has 2 unspecified atom stereocenters. The Hall–Kier alpha value is -0.930. The van der Waals surface area contributed by atoms with Crippen LogP contribution in [0.3, 0.4) is 0 Å². The molecule has 3 nitrogen and oxygen atoms in total. The highest BCUT2D eigenvalue weighted by Crippen LogP contribution is 2.18. The Balaban J connectivity index is 2.02. The van der Waals surface area contributed by atoms with Gasteiger partial charge in [0, 0.05) is 44.1 Å². The van der Waals surface area contributed by atoms with Crippen LogP contribution in [0.4, 0.5) is 0 Å². The van der Waals surface area contributed by atoms with Crippen molar-refractivity contribution in [2.24, 2.45) is 5.92 Å². The third-order valence-corrected chi connectivity index (χ3v) is 3.96. The summed E-state index contributed by atoms with van der Waals surface area (Å²) in [6.45, 7) is 10.2. The van der Waals surface area contributed by atoms with Crippen molar-refractivity contribution in [2.75, 3.05) is 13.1 Å². The van der Waals surface area contributed by atoms with Gasteiger partial charge in [-0.2, -0.15) is 0 Å². The molecule has 2 rings (SSSR count). The predicted molar refractivity (Wildman–Crippen MR) is 80.0 cm³/mol. The van der Waals surface area contributed by atoms with Crippen LogP contribution in [0.1, 0.15) is 39.2 Å². The lowest BCUT2D eigenvalue weighted by Crippen LogP contribution is -2.56. The molecule has 0 radical (unpaired) electrons. The summed E-state index contributed by atoms with van der Waals surface area (Å²) >= 11 is 0. The molecule has 0 saturated carbocycles. The summed E-state index contributed by atoms with van der Waals surface area (Å²) in [4.78, 5) is 6.87. The smallest absolute Gasteiger partial charge is 0.0312 e. The number of nitrogens with zero attached hydrogens (tertiary/aromatic N) is 2. The molecule has 1 aliphatic rings. The molecule has 1 aromatic heterocycles. The minimum Gasteiger partial charge on any atom is -0.311 e. The second kappa shape index (κ2) is 7.01. The van der Waals surface area contributed by atoms with Crippen LogP contribution in [0.25, 0.3) is 0 Å². The maximum atomic E-state index is 4.23. The molecule has 106 valence electrons. The lowest BCUT2D eigenvalue weighted by molar-refractivity contribution is 0.105. The largest absolute Gasteiger partial charge is 0.311 e. The van der Waals surface area contributed by atoms with E-state index in [2.05, 4.69) is 42.0 Å². The van der Waals surface area contributed by atoms with Crippen molar-refractivity contribution < 1.29 is 0 Å². The minimum absolute atomic E-state index is 0.639. The molecule has 19 heavy (non-hydrogen) atoms. The van der Waals surface area contributed by atoms with Gasteiger partial charge < -0.3 is 5.32 Å². The lowest BCUT2D eigenvalue weighted by atomic mass is 9.98. The van der Waals surface area contributed by atoms with Crippen molar-refractivity contribution in [2.45, 2.75) is 52.2 Å². The Bertz CT molecular complexity index is 364. The summed E-state index contributed by atoms with van der Waals surface area (Å²) in [6, 6.07) is 5.51. The van der Waals surface area contributed by atoms with Gasteiger partial charge in [-0.3, -0.25) is 9.88 Å². The number of nitrogens with one attached hydrogen (secondary N) is 1. The molecule has 1 fully saturated rings. The number of hydrogen-bond acceptors (Lipinski definition) is 3. The molecule has 1 aromatic rings. The first-order valence-electron chi connectivity index (χ1n) is 7.55. The molecule has 0 spiro atoms. The van der Waals surface area contributed by atoms with Gasteiger partial charge in [-0.1, -0.05) is 26.8 Å². The molecule has 0 amide bonds. The van der Waals surface area contributed by atoms with E-state index < -0.39 is 0 Å². The quantitative estimate of drug-likeness (QED) is 0.883. The van der Waals surface area contributed by atoms with E-state index >= 15 is 0 Å². The third-order valence-electron chi connectivity index (χ3n) is 3.96. The van der Waals surface area contributed by atoms with Crippen LogP contribution < -0.4 is 5.32 Å². The van der Waals surface area contributed by atoms with E-state index in [1.165, 1.54) is 18.4 Å².